The first-order valence-electron chi connectivity index (χ1n) is 10.4. The first kappa shape index (κ1) is 20.6. The van der Waals surface area contributed by atoms with Gasteiger partial charge in [-0.15, -0.1) is 12.4 Å². The average Bonchev–Trinajstić information content (AvgIpc) is 3.15. The molecule has 3 fully saturated rings. The van der Waals surface area contributed by atoms with E-state index < -0.39 is 0 Å². The number of carbonyl (C=O) groups is 1. The summed E-state index contributed by atoms with van der Waals surface area (Å²) in [4.78, 5) is 13.1. The Hall–Kier alpha value is -1.10. The van der Waals surface area contributed by atoms with Crippen molar-refractivity contribution >= 4 is 18.3 Å². The SMILES string of the molecule is Cl.NC1C2CCCC1CC(C(=O)NC(CC1CCOC1)c1ccccc1)C2. The summed E-state index contributed by atoms with van der Waals surface area (Å²) < 4.78 is 5.55. The molecule has 2 bridgehead atoms. The molecule has 1 heterocycles. The minimum atomic E-state index is 0. The number of amides is 1. The van der Waals surface area contributed by atoms with Crippen LogP contribution in [0.3, 0.4) is 0 Å². The molecule has 0 spiro atoms. The largest absolute Gasteiger partial charge is 0.381 e. The number of ether oxygens (including phenoxy) is 1. The van der Waals surface area contributed by atoms with Gasteiger partial charge in [-0.25, -0.2) is 0 Å². The number of halogens is 1. The average molecular weight is 393 g/mol. The molecule has 0 radical (unpaired) electrons. The molecule has 2 aliphatic carbocycles. The van der Waals surface area contributed by atoms with E-state index in [0.29, 0.717) is 23.8 Å². The molecule has 0 aromatic heterocycles. The number of nitrogens with one attached hydrogen (secondary N) is 1. The van der Waals surface area contributed by atoms with Crippen molar-refractivity contribution in [1.82, 2.24) is 5.32 Å². The van der Waals surface area contributed by atoms with Gasteiger partial charge in [0, 0.05) is 25.2 Å². The van der Waals surface area contributed by atoms with E-state index in [4.69, 9.17) is 10.5 Å². The highest BCUT2D eigenvalue weighted by Gasteiger charge is 2.41. The van der Waals surface area contributed by atoms with Gasteiger partial charge in [0.25, 0.3) is 0 Å². The number of rotatable bonds is 5. The van der Waals surface area contributed by atoms with Gasteiger partial charge in [0.15, 0.2) is 0 Å². The second kappa shape index (κ2) is 9.40. The minimum absolute atomic E-state index is 0. The van der Waals surface area contributed by atoms with Crippen molar-refractivity contribution in [1.29, 1.82) is 0 Å². The summed E-state index contributed by atoms with van der Waals surface area (Å²) in [6.07, 6.45) is 7.68. The Morgan fingerprint density at radius 1 is 1.15 bits per heavy atom. The molecule has 1 amide bonds. The summed E-state index contributed by atoms with van der Waals surface area (Å²) in [5.41, 5.74) is 7.61. The lowest BCUT2D eigenvalue weighted by atomic mass is 9.65. The highest BCUT2D eigenvalue weighted by atomic mass is 35.5. The van der Waals surface area contributed by atoms with Gasteiger partial charge in [0.2, 0.25) is 5.91 Å². The Morgan fingerprint density at radius 3 is 2.48 bits per heavy atom. The summed E-state index contributed by atoms with van der Waals surface area (Å²) >= 11 is 0. The number of hydrogen-bond acceptors (Lipinski definition) is 3. The lowest BCUT2D eigenvalue weighted by molar-refractivity contribution is -0.128. The van der Waals surface area contributed by atoms with E-state index in [0.717, 1.165) is 38.9 Å². The second-order valence-corrected chi connectivity index (χ2v) is 8.63. The molecule has 1 aliphatic heterocycles. The predicted molar refractivity (Wildman–Crippen MR) is 110 cm³/mol. The van der Waals surface area contributed by atoms with E-state index in [-0.39, 0.29) is 30.3 Å². The zero-order valence-corrected chi connectivity index (χ0v) is 16.8. The van der Waals surface area contributed by atoms with Crippen molar-refractivity contribution < 1.29 is 9.53 Å². The molecule has 3 aliphatic rings. The first-order chi connectivity index (χ1) is 12.7. The van der Waals surface area contributed by atoms with Crippen molar-refractivity contribution in [3.8, 4) is 0 Å². The lowest BCUT2D eigenvalue weighted by Gasteiger charge is -2.43. The Kier molecular flexibility index (Phi) is 7.18. The van der Waals surface area contributed by atoms with Gasteiger partial charge in [-0.3, -0.25) is 4.79 Å². The van der Waals surface area contributed by atoms with Gasteiger partial charge in [-0.05, 0) is 61.8 Å². The van der Waals surface area contributed by atoms with Crippen LogP contribution in [0.2, 0.25) is 0 Å². The normalized spacial score (nSPS) is 33.7. The van der Waals surface area contributed by atoms with Gasteiger partial charge in [0.05, 0.1) is 6.04 Å². The molecule has 4 unspecified atom stereocenters. The van der Waals surface area contributed by atoms with Gasteiger partial charge in [-0.2, -0.15) is 0 Å². The molecule has 150 valence electrons. The van der Waals surface area contributed by atoms with E-state index >= 15 is 0 Å². The van der Waals surface area contributed by atoms with Crippen LogP contribution in [0.1, 0.15) is 56.6 Å². The Bertz CT molecular complexity index is 592. The van der Waals surface area contributed by atoms with Crippen LogP contribution in [-0.2, 0) is 9.53 Å². The van der Waals surface area contributed by atoms with Gasteiger partial charge in [0.1, 0.15) is 0 Å². The highest BCUT2D eigenvalue weighted by Crippen LogP contribution is 2.42. The maximum atomic E-state index is 13.1. The fourth-order valence-corrected chi connectivity index (χ4v) is 5.36. The van der Waals surface area contributed by atoms with Crippen LogP contribution in [0.15, 0.2) is 30.3 Å². The minimum Gasteiger partial charge on any atom is -0.381 e. The third kappa shape index (κ3) is 4.85. The van der Waals surface area contributed by atoms with Gasteiger partial charge >= 0.3 is 0 Å². The summed E-state index contributed by atoms with van der Waals surface area (Å²) in [6.45, 7) is 1.67. The third-order valence-electron chi connectivity index (χ3n) is 6.90. The highest BCUT2D eigenvalue weighted by molar-refractivity contribution is 5.85. The van der Waals surface area contributed by atoms with Gasteiger partial charge in [-0.1, -0.05) is 36.8 Å². The van der Waals surface area contributed by atoms with E-state index in [1.807, 2.05) is 6.07 Å². The van der Waals surface area contributed by atoms with Crippen molar-refractivity contribution in [3.63, 3.8) is 0 Å². The van der Waals surface area contributed by atoms with Crippen LogP contribution < -0.4 is 11.1 Å². The Labute approximate surface area is 169 Å². The first-order valence-corrected chi connectivity index (χ1v) is 10.4. The van der Waals surface area contributed by atoms with E-state index in [2.05, 4.69) is 29.6 Å². The van der Waals surface area contributed by atoms with Crippen LogP contribution in [0, 0.1) is 23.7 Å². The van der Waals surface area contributed by atoms with Crippen LogP contribution >= 0.6 is 12.4 Å². The summed E-state index contributed by atoms with van der Waals surface area (Å²) in [5, 5.41) is 3.40. The van der Waals surface area contributed by atoms with Gasteiger partial charge < -0.3 is 15.8 Å². The molecule has 2 saturated carbocycles. The van der Waals surface area contributed by atoms with Crippen molar-refractivity contribution in [3.05, 3.63) is 35.9 Å². The number of carbonyl (C=O) groups excluding carboxylic acids is 1. The van der Waals surface area contributed by atoms with E-state index in [9.17, 15) is 4.79 Å². The molecular formula is C22H33ClN2O2. The number of nitrogens with two attached hydrogens (primary N) is 1. The predicted octanol–water partition coefficient (Wildman–Crippen LogP) is 3.85. The molecule has 5 heteroatoms. The molecule has 1 aromatic rings. The fraction of sp³-hybridized carbons (Fsp3) is 0.682. The summed E-state index contributed by atoms with van der Waals surface area (Å²) in [5.74, 6) is 1.99. The monoisotopic (exact) mass is 392 g/mol. The van der Waals surface area contributed by atoms with Crippen LogP contribution in [0.25, 0.3) is 0 Å². The second-order valence-electron chi connectivity index (χ2n) is 8.63. The molecule has 4 rings (SSSR count). The number of fused-ring (bicyclic) bond motifs is 2. The third-order valence-corrected chi connectivity index (χ3v) is 6.90. The van der Waals surface area contributed by atoms with E-state index in [1.165, 1.54) is 24.8 Å². The summed E-state index contributed by atoms with van der Waals surface area (Å²) in [6, 6.07) is 10.8. The molecule has 1 saturated heterocycles. The van der Waals surface area contributed by atoms with Crippen molar-refractivity contribution in [2.24, 2.45) is 29.4 Å². The van der Waals surface area contributed by atoms with Crippen molar-refractivity contribution in [2.45, 2.75) is 57.0 Å². The number of hydrogen-bond donors (Lipinski definition) is 2. The maximum Gasteiger partial charge on any atom is 0.223 e. The Morgan fingerprint density at radius 2 is 1.85 bits per heavy atom. The Balaban J connectivity index is 0.00000210. The summed E-state index contributed by atoms with van der Waals surface area (Å²) in [7, 11) is 0. The molecule has 3 N–H and O–H groups in total. The topological polar surface area (TPSA) is 64.4 Å². The standard InChI is InChI=1S/C22H32N2O2.ClH/c23-21-17-7-4-8-18(21)13-19(12-17)22(25)24-20(11-15-9-10-26-14-15)16-5-2-1-3-6-16;/h1-3,5-6,15,17-21H,4,7-14,23H2,(H,24,25);1H. The molecule has 4 atom stereocenters. The molecule has 4 nitrogen and oxygen atoms in total. The van der Waals surface area contributed by atoms with Crippen LogP contribution in [0.4, 0.5) is 0 Å². The maximum absolute atomic E-state index is 13.1. The molecular weight excluding hydrogens is 360 g/mol. The number of benzene rings is 1. The zero-order chi connectivity index (χ0) is 17.9. The van der Waals surface area contributed by atoms with Crippen LogP contribution in [-0.4, -0.2) is 25.2 Å². The molecule has 27 heavy (non-hydrogen) atoms. The zero-order valence-electron chi connectivity index (χ0n) is 16.0. The fourth-order valence-electron chi connectivity index (χ4n) is 5.36. The molecule has 1 aromatic carbocycles. The van der Waals surface area contributed by atoms with E-state index in [1.54, 1.807) is 0 Å². The lowest BCUT2D eigenvalue weighted by Crippen LogP contribution is -2.49. The quantitative estimate of drug-likeness (QED) is 0.799. The van der Waals surface area contributed by atoms with Crippen molar-refractivity contribution in [2.75, 3.05) is 13.2 Å². The van der Waals surface area contributed by atoms with Crippen LogP contribution in [0.5, 0.6) is 0 Å². The smallest absolute Gasteiger partial charge is 0.223 e.